The number of rotatable bonds is 14. The van der Waals surface area contributed by atoms with Gasteiger partial charge in [0.05, 0.1) is 26.0 Å². The summed E-state index contributed by atoms with van der Waals surface area (Å²) in [5.41, 5.74) is 5.68. The monoisotopic (exact) mass is 411 g/mol. The van der Waals surface area contributed by atoms with Crippen molar-refractivity contribution >= 4 is 25.5 Å². The normalized spacial score (nSPS) is 15.3. The van der Waals surface area contributed by atoms with E-state index in [-0.39, 0.29) is 45.2 Å². The largest absolute Gasteiger partial charge is 0.466 e. The quantitative estimate of drug-likeness (QED) is 0.253. The molecule has 0 aromatic heterocycles. The van der Waals surface area contributed by atoms with Crippen LogP contribution >= 0.6 is 7.60 Å². The fourth-order valence-electron chi connectivity index (χ4n) is 1.98. The van der Waals surface area contributed by atoms with Gasteiger partial charge in [-0.05, 0) is 33.6 Å². The number of ether oxygens (including phenoxy) is 3. The van der Waals surface area contributed by atoms with Gasteiger partial charge in [-0.3, -0.25) is 18.7 Å². The van der Waals surface area contributed by atoms with Crippen LogP contribution in [0.15, 0.2) is 0 Å². The van der Waals surface area contributed by atoms with Crippen molar-refractivity contribution < 1.29 is 42.2 Å². The molecule has 0 rings (SSSR count). The van der Waals surface area contributed by atoms with Gasteiger partial charge in [-0.2, -0.15) is 0 Å². The summed E-state index contributed by atoms with van der Waals surface area (Å²) in [7, 11) is -2.61. The van der Waals surface area contributed by atoms with Gasteiger partial charge in [0.1, 0.15) is 6.04 Å². The minimum atomic E-state index is -3.76. The van der Waals surface area contributed by atoms with Crippen LogP contribution in [0, 0.1) is 0 Å². The molecule has 2 unspecified atom stereocenters. The van der Waals surface area contributed by atoms with Gasteiger partial charge < -0.3 is 24.5 Å². The van der Waals surface area contributed by atoms with Crippen molar-refractivity contribution in [2.24, 2.45) is 5.73 Å². The molecule has 0 aliphatic carbocycles. The van der Waals surface area contributed by atoms with Gasteiger partial charge in [0, 0.05) is 13.5 Å². The Hall–Kier alpha value is -1.48. The van der Waals surface area contributed by atoms with Crippen LogP contribution in [0.25, 0.3) is 0 Å². The van der Waals surface area contributed by atoms with Gasteiger partial charge in [0.25, 0.3) is 0 Å². The standard InChI is InChI=1S/C16H30NO9P/c1-5-23-14(18)9-8-13(16(20)25-7-3)26-27(21,22-4)11-10-12(17)15(19)24-6-2/h12-13H,5-11,17H2,1-4H3/t12-,13?,27?/m0/s1. The SMILES string of the molecule is CCOC(=O)CCC(OP(=O)(CC[C@H](N)C(=O)OCC)OC)C(=O)OCC. The predicted octanol–water partition coefficient (Wildman–Crippen LogP) is 1.40. The van der Waals surface area contributed by atoms with Crippen molar-refractivity contribution in [1.82, 2.24) is 0 Å². The maximum Gasteiger partial charge on any atom is 0.335 e. The van der Waals surface area contributed by atoms with Crippen molar-refractivity contribution in [3.8, 4) is 0 Å². The molecule has 2 N–H and O–H groups in total. The summed E-state index contributed by atoms with van der Waals surface area (Å²) in [5, 5.41) is 0. The van der Waals surface area contributed by atoms with Gasteiger partial charge in [-0.1, -0.05) is 0 Å². The molecule has 0 aliphatic rings. The van der Waals surface area contributed by atoms with Gasteiger partial charge in [-0.15, -0.1) is 0 Å². The lowest BCUT2D eigenvalue weighted by atomic mass is 10.2. The zero-order valence-electron chi connectivity index (χ0n) is 16.3. The number of hydrogen-bond donors (Lipinski definition) is 1. The maximum absolute atomic E-state index is 12.8. The highest BCUT2D eigenvalue weighted by Crippen LogP contribution is 2.49. The van der Waals surface area contributed by atoms with E-state index in [2.05, 4.69) is 0 Å². The first-order valence-electron chi connectivity index (χ1n) is 8.80. The highest BCUT2D eigenvalue weighted by Gasteiger charge is 2.34. The summed E-state index contributed by atoms with van der Waals surface area (Å²) in [5.74, 6) is -1.93. The van der Waals surface area contributed by atoms with E-state index >= 15 is 0 Å². The molecule has 0 fully saturated rings. The fourth-order valence-corrected chi connectivity index (χ4v) is 3.52. The molecule has 3 atom stereocenters. The van der Waals surface area contributed by atoms with Crippen LogP contribution < -0.4 is 5.73 Å². The Labute approximate surface area is 159 Å². The predicted molar refractivity (Wildman–Crippen MR) is 96.1 cm³/mol. The molecule has 0 saturated carbocycles. The molecule has 0 radical (unpaired) electrons. The van der Waals surface area contributed by atoms with Crippen LogP contribution in [-0.2, 0) is 42.2 Å². The zero-order chi connectivity index (χ0) is 20.9. The summed E-state index contributed by atoms with van der Waals surface area (Å²) < 4.78 is 37.6. The first-order valence-corrected chi connectivity index (χ1v) is 10.5. The third-order valence-corrected chi connectivity index (χ3v) is 5.27. The lowest BCUT2D eigenvalue weighted by Crippen LogP contribution is -2.33. The second-order valence-electron chi connectivity index (χ2n) is 5.35. The molecule has 0 aromatic rings. The average molecular weight is 411 g/mol. The van der Waals surface area contributed by atoms with Gasteiger partial charge in [-0.25, -0.2) is 4.79 Å². The summed E-state index contributed by atoms with van der Waals surface area (Å²) >= 11 is 0. The van der Waals surface area contributed by atoms with E-state index in [0.717, 1.165) is 7.11 Å². The van der Waals surface area contributed by atoms with E-state index in [1.807, 2.05) is 0 Å². The number of hydrogen-bond acceptors (Lipinski definition) is 10. The van der Waals surface area contributed by atoms with E-state index in [1.54, 1.807) is 20.8 Å². The van der Waals surface area contributed by atoms with E-state index in [9.17, 15) is 18.9 Å². The van der Waals surface area contributed by atoms with Crippen LogP contribution in [0.2, 0.25) is 0 Å². The topological polar surface area (TPSA) is 140 Å². The maximum atomic E-state index is 12.8. The molecule has 10 nitrogen and oxygen atoms in total. The van der Waals surface area contributed by atoms with E-state index in [0.29, 0.717) is 0 Å². The Morgan fingerprint density at radius 3 is 2.00 bits per heavy atom. The summed E-state index contributed by atoms with van der Waals surface area (Å²) in [6, 6.07) is -1.00. The smallest absolute Gasteiger partial charge is 0.335 e. The molecule has 11 heteroatoms. The first-order chi connectivity index (χ1) is 12.7. The van der Waals surface area contributed by atoms with E-state index in [4.69, 9.17) is 29.0 Å². The van der Waals surface area contributed by atoms with Gasteiger partial charge in [0.2, 0.25) is 0 Å². The molecular formula is C16H30NO9P. The van der Waals surface area contributed by atoms with Crippen LogP contribution in [0.5, 0.6) is 0 Å². The van der Waals surface area contributed by atoms with Crippen molar-refractivity contribution in [3.05, 3.63) is 0 Å². The van der Waals surface area contributed by atoms with Gasteiger partial charge in [0.15, 0.2) is 6.10 Å². The van der Waals surface area contributed by atoms with Crippen molar-refractivity contribution in [1.29, 1.82) is 0 Å². The molecular weight excluding hydrogens is 381 g/mol. The van der Waals surface area contributed by atoms with Crippen LogP contribution in [0.1, 0.15) is 40.0 Å². The molecule has 0 saturated heterocycles. The number of esters is 3. The minimum absolute atomic E-state index is 0.0304. The number of carbonyl (C=O) groups excluding carboxylic acids is 3. The molecule has 0 aliphatic heterocycles. The van der Waals surface area contributed by atoms with E-state index in [1.165, 1.54) is 0 Å². The molecule has 27 heavy (non-hydrogen) atoms. The number of nitrogens with two attached hydrogens (primary N) is 1. The molecule has 0 amide bonds. The molecule has 0 heterocycles. The minimum Gasteiger partial charge on any atom is -0.466 e. The second-order valence-corrected chi connectivity index (χ2v) is 7.60. The Balaban J connectivity index is 4.97. The van der Waals surface area contributed by atoms with E-state index < -0.39 is 37.6 Å². The first kappa shape index (κ1) is 25.5. The third-order valence-electron chi connectivity index (χ3n) is 3.33. The van der Waals surface area contributed by atoms with Crippen molar-refractivity contribution in [2.75, 3.05) is 33.1 Å². The van der Waals surface area contributed by atoms with Crippen LogP contribution in [0.3, 0.4) is 0 Å². The highest BCUT2D eigenvalue weighted by atomic mass is 31.2. The Bertz CT molecular complexity index is 526. The fraction of sp³-hybridized carbons (Fsp3) is 0.812. The van der Waals surface area contributed by atoms with Crippen molar-refractivity contribution in [3.63, 3.8) is 0 Å². The van der Waals surface area contributed by atoms with Gasteiger partial charge >= 0.3 is 25.5 Å². The lowest BCUT2D eigenvalue weighted by molar-refractivity contribution is -0.153. The third kappa shape index (κ3) is 10.4. The number of carbonyl (C=O) groups is 3. The zero-order valence-corrected chi connectivity index (χ0v) is 17.2. The Morgan fingerprint density at radius 1 is 0.926 bits per heavy atom. The molecule has 0 bridgehead atoms. The Kier molecular flexibility index (Phi) is 12.9. The highest BCUT2D eigenvalue weighted by molar-refractivity contribution is 7.53. The lowest BCUT2D eigenvalue weighted by Gasteiger charge is -2.23. The average Bonchev–Trinajstić information content (AvgIpc) is 2.63. The summed E-state index contributed by atoms with van der Waals surface area (Å²) in [4.78, 5) is 35.1. The van der Waals surface area contributed by atoms with Crippen LogP contribution in [-0.4, -0.2) is 63.1 Å². The van der Waals surface area contributed by atoms with Crippen LogP contribution in [0.4, 0.5) is 0 Å². The Morgan fingerprint density at radius 2 is 1.48 bits per heavy atom. The second kappa shape index (κ2) is 13.7. The molecule has 158 valence electrons. The molecule has 0 spiro atoms. The van der Waals surface area contributed by atoms with Crippen molar-refractivity contribution in [2.45, 2.75) is 52.2 Å². The summed E-state index contributed by atoms with van der Waals surface area (Å²) in [6.45, 7) is 5.36. The molecule has 0 aromatic carbocycles. The summed E-state index contributed by atoms with van der Waals surface area (Å²) in [6.07, 6.45) is -1.73.